The van der Waals surface area contributed by atoms with E-state index in [1.165, 1.54) is 0 Å². The van der Waals surface area contributed by atoms with Gasteiger partial charge in [0.1, 0.15) is 5.75 Å². The van der Waals surface area contributed by atoms with Gasteiger partial charge in [-0.1, -0.05) is 6.07 Å². The van der Waals surface area contributed by atoms with Crippen molar-refractivity contribution in [3.05, 3.63) is 50.6 Å². The number of nitrogens with zero attached hydrogens (tertiary/aromatic N) is 1. The largest absolute Gasteiger partial charge is 0.496 e. The number of carbonyl (C=O) groups excluding carboxylic acids is 1. The van der Waals surface area contributed by atoms with Crippen LogP contribution in [0.5, 0.6) is 5.75 Å². The minimum Gasteiger partial charge on any atom is -0.496 e. The van der Waals surface area contributed by atoms with Gasteiger partial charge in [-0.05, 0) is 51.1 Å². The van der Waals surface area contributed by atoms with Gasteiger partial charge in [0.05, 0.1) is 24.2 Å². The predicted molar refractivity (Wildman–Crippen MR) is 84.5 cm³/mol. The first kappa shape index (κ1) is 14.7. The van der Waals surface area contributed by atoms with Crippen molar-refractivity contribution in [2.45, 2.75) is 6.42 Å². The summed E-state index contributed by atoms with van der Waals surface area (Å²) in [5.74, 6) is 0.625. The van der Waals surface area contributed by atoms with Crippen molar-refractivity contribution in [3.63, 3.8) is 0 Å². The molecule has 0 saturated carbocycles. The lowest BCUT2D eigenvalue weighted by atomic mass is 10.2. The highest BCUT2D eigenvalue weighted by Crippen LogP contribution is 2.24. The Balaban J connectivity index is 1.89. The Morgan fingerprint density at radius 3 is 3.00 bits per heavy atom. The lowest BCUT2D eigenvalue weighted by Gasteiger charge is -2.03. The summed E-state index contributed by atoms with van der Waals surface area (Å²) in [5.41, 5.74) is 3.38. The van der Waals surface area contributed by atoms with Gasteiger partial charge in [0, 0.05) is 4.88 Å². The Bertz CT molecular complexity index is 612. The molecular formula is C14H13BrN2O2S. The van der Waals surface area contributed by atoms with E-state index in [2.05, 4.69) is 26.5 Å². The number of amides is 1. The molecule has 0 saturated heterocycles. The van der Waals surface area contributed by atoms with Gasteiger partial charge in [-0.3, -0.25) is 4.79 Å². The summed E-state index contributed by atoms with van der Waals surface area (Å²) >= 11 is 4.95. The van der Waals surface area contributed by atoms with Crippen LogP contribution in [0.2, 0.25) is 0 Å². The number of halogens is 1. The highest BCUT2D eigenvalue weighted by molar-refractivity contribution is 9.10. The van der Waals surface area contributed by atoms with Crippen LogP contribution in [0.25, 0.3) is 0 Å². The number of nitrogens with one attached hydrogen (secondary N) is 1. The first-order chi connectivity index (χ1) is 9.69. The van der Waals surface area contributed by atoms with Crippen LogP contribution in [0.1, 0.15) is 10.4 Å². The molecule has 1 N–H and O–H groups in total. The van der Waals surface area contributed by atoms with Crippen LogP contribution in [0.3, 0.4) is 0 Å². The van der Waals surface area contributed by atoms with E-state index in [1.54, 1.807) is 24.7 Å². The molecule has 0 unspecified atom stereocenters. The Hall–Kier alpha value is -1.66. The van der Waals surface area contributed by atoms with Gasteiger partial charge in [0.15, 0.2) is 0 Å². The zero-order valence-corrected chi connectivity index (χ0v) is 13.2. The average Bonchev–Trinajstić information content (AvgIpc) is 2.92. The number of thiophene rings is 1. The number of hydrogen-bond donors (Lipinski definition) is 1. The average molecular weight is 353 g/mol. The molecule has 1 aromatic carbocycles. The lowest BCUT2D eigenvalue weighted by molar-refractivity contribution is -0.120. The van der Waals surface area contributed by atoms with E-state index in [1.807, 2.05) is 35.7 Å². The van der Waals surface area contributed by atoms with Gasteiger partial charge in [0.25, 0.3) is 0 Å². The van der Waals surface area contributed by atoms with Crippen LogP contribution in [0.4, 0.5) is 0 Å². The molecule has 0 atom stereocenters. The van der Waals surface area contributed by atoms with Gasteiger partial charge in [0.2, 0.25) is 5.91 Å². The smallest absolute Gasteiger partial charge is 0.245 e. The number of ether oxygens (including phenoxy) is 1. The zero-order chi connectivity index (χ0) is 14.4. The van der Waals surface area contributed by atoms with Gasteiger partial charge < -0.3 is 4.74 Å². The zero-order valence-electron chi connectivity index (χ0n) is 10.8. The van der Waals surface area contributed by atoms with Crippen LogP contribution in [0, 0.1) is 0 Å². The summed E-state index contributed by atoms with van der Waals surface area (Å²) in [7, 11) is 1.61. The van der Waals surface area contributed by atoms with E-state index in [0.717, 1.165) is 20.7 Å². The Morgan fingerprint density at radius 1 is 1.50 bits per heavy atom. The number of hydrogen-bond acceptors (Lipinski definition) is 4. The van der Waals surface area contributed by atoms with Crippen molar-refractivity contribution in [1.82, 2.24) is 5.43 Å². The number of carbonyl (C=O) groups is 1. The predicted octanol–water partition coefficient (Wildman–Crippen LogP) is 3.21. The fourth-order valence-electron chi connectivity index (χ4n) is 1.55. The van der Waals surface area contributed by atoms with Crippen molar-refractivity contribution in [2.75, 3.05) is 7.11 Å². The summed E-state index contributed by atoms with van der Waals surface area (Å²) in [6.45, 7) is 0. The molecule has 104 valence electrons. The minimum absolute atomic E-state index is 0.128. The van der Waals surface area contributed by atoms with Gasteiger partial charge in [-0.2, -0.15) is 5.10 Å². The maximum atomic E-state index is 11.6. The summed E-state index contributed by atoms with van der Waals surface area (Å²) < 4.78 is 5.98. The van der Waals surface area contributed by atoms with Gasteiger partial charge >= 0.3 is 0 Å². The quantitative estimate of drug-likeness (QED) is 0.663. The second-order valence-corrected chi connectivity index (χ2v) is 5.83. The van der Waals surface area contributed by atoms with Gasteiger partial charge in [-0.25, -0.2) is 5.43 Å². The molecule has 6 heteroatoms. The third-order valence-electron chi connectivity index (χ3n) is 2.49. The third-order valence-corrected chi connectivity index (χ3v) is 3.99. The van der Waals surface area contributed by atoms with Gasteiger partial charge in [-0.15, -0.1) is 11.3 Å². The minimum atomic E-state index is -0.128. The van der Waals surface area contributed by atoms with Crippen molar-refractivity contribution >= 4 is 39.4 Å². The van der Waals surface area contributed by atoms with E-state index < -0.39 is 0 Å². The molecule has 0 aliphatic carbocycles. The number of rotatable bonds is 5. The third kappa shape index (κ3) is 4.18. The molecule has 0 bridgehead atoms. The first-order valence-electron chi connectivity index (χ1n) is 5.87. The summed E-state index contributed by atoms with van der Waals surface area (Å²) in [6.07, 6.45) is 1.94. The highest BCUT2D eigenvalue weighted by atomic mass is 79.9. The molecule has 0 spiro atoms. The van der Waals surface area contributed by atoms with E-state index in [-0.39, 0.29) is 5.91 Å². The fraction of sp³-hybridized carbons (Fsp3) is 0.143. The van der Waals surface area contributed by atoms with Crippen molar-refractivity contribution in [3.8, 4) is 5.75 Å². The molecule has 0 fully saturated rings. The Morgan fingerprint density at radius 2 is 2.35 bits per heavy atom. The maximum Gasteiger partial charge on any atom is 0.245 e. The normalized spacial score (nSPS) is 10.7. The second-order valence-electron chi connectivity index (χ2n) is 3.94. The molecular weight excluding hydrogens is 340 g/mol. The van der Waals surface area contributed by atoms with Crippen LogP contribution < -0.4 is 10.2 Å². The second kappa shape index (κ2) is 7.21. The summed E-state index contributed by atoms with van der Waals surface area (Å²) in [6, 6.07) is 9.41. The topological polar surface area (TPSA) is 50.7 Å². The standard InChI is InChI=1S/C14H13BrN2O2S/c1-19-13-5-4-10(7-12(13)15)9-16-17-14(18)8-11-3-2-6-20-11/h2-7,9H,8H2,1H3,(H,17,18)/b16-9-. The van der Waals surface area contributed by atoms with E-state index in [0.29, 0.717) is 6.42 Å². The molecule has 0 aliphatic rings. The highest BCUT2D eigenvalue weighted by Gasteiger charge is 2.03. The van der Waals surface area contributed by atoms with Crippen LogP contribution in [0.15, 0.2) is 45.3 Å². The lowest BCUT2D eigenvalue weighted by Crippen LogP contribution is -2.19. The molecule has 1 aromatic heterocycles. The Labute approximate surface area is 129 Å². The van der Waals surface area contributed by atoms with E-state index in [9.17, 15) is 4.79 Å². The number of benzene rings is 1. The summed E-state index contributed by atoms with van der Waals surface area (Å²) in [5, 5.41) is 5.88. The summed E-state index contributed by atoms with van der Waals surface area (Å²) in [4.78, 5) is 12.6. The molecule has 0 radical (unpaired) electrons. The van der Waals surface area contributed by atoms with Crippen molar-refractivity contribution in [1.29, 1.82) is 0 Å². The number of hydrazone groups is 1. The maximum absolute atomic E-state index is 11.6. The molecule has 1 amide bonds. The van der Waals surface area contributed by atoms with Crippen molar-refractivity contribution in [2.24, 2.45) is 5.10 Å². The SMILES string of the molecule is COc1ccc(/C=N\NC(=O)Cc2cccs2)cc1Br. The van der Waals surface area contributed by atoms with Crippen LogP contribution in [-0.2, 0) is 11.2 Å². The molecule has 2 rings (SSSR count). The van der Waals surface area contributed by atoms with Crippen LogP contribution >= 0.6 is 27.3 Å². The first-order valence-corrected chi connectivity index (χ1v) is 7.54. The van der Waals surface area contributed by atoms with Crippen molar-refractivity contribution < 1.29 is 9.53 Å². The van der Waals surface area contributed by atoms with Crippen LogP contribution in [-0.4, -0.2) is 19.2 Å². The molecule has 1 heterocycles. The number of methoxy groups -OCH3 is 1. The Kier molecular flexibility index (Phi) is 5.31. The molecule has 2 aromatic rings. The monoisotopic (exact) mass is 352 g/mol. The molecule has 4 nitrogen and oxygen atoms in total. The fourth-order valence-corrected chi connectivity index (χ4v) is 2.81. The molecule has 20 heavy (non-hydrogen) atoms. The van der Waals surface area contributed by atoms with E-state index in [4.69, 9.17) is 4.74 Å². The molecule has 0 aliphatic heterocycles. The van der Waals surface area contributed by atoms with E-state index >= 15 is 0 Å².